The van der Waals surface area contributed by atoms with Gasteiger partial charge in [0.15, 0.2) is 0 Å². The van der Waals surface area contributed by atoms with E-state index < -0.39 is 0 Å². The minimum atomic E-state index is 0.746. The molecule has 2 atom stereocenters. The van der Waals surface area contributed by atoms with E-state index in [4.69, 9.17) is 0 Å². The monoisotopic (exact) mass is 249 g/mol. The molecule has 1 aromatic carbocycles. The Labute approximate surface area is 109 Å². The maximum atomic E-state index is 3.60. The fourth-order valence-corrected chi connectivity index (χ4v) is 3.98. The average Bonchev–Trinajstić information content (AvgIpc) is 2.33. The summed E-state index contributed by atoms with van der Waals surface area (Å²) in [5.74, 6) is 0. The number of benzene rings is 1. The summed E-state index contributed by atoms with van der Waals surface area (Å²) < 4.78 is 0. The molecule has 2 rings (SSSR count). The molecule has 0 amide bonds. The second kappa shape index (κ2) is 6.46. The van der Waals surface area contributed by atoms with E-state index in [2.05, 4.69) is 55.2 Å². The number of hydrogen-bond acceptors (Lipinski definition) is 2. The summed E-state index contributed by atoms with van der Waals surface area (Å²) in [5, 5.41) is 4.40. The van der Waals surface area contributed by atoms with Crippen molar-refractivity contribution < 1.29 is 0 Å². The lowest BCUT2D eigenvalue weighted by Gasteiger charge is -2.29. The highest BCUT2D eigenvalue weighted by atomic mass is 32.2. The smallest absolute Gasteiger partial charge is 0.0109 e. The molecule has 1 N–H and O–H groups in total. The van der Waals surface area contributed by atoms with Crippen LogP contribution in [0.2, 0.25) is 0 Å². The third kappa shape index (κ3) is 3.75. The first-order chi connectivity index (χ1) is 8.29. The minimum Gasteiger partial charge on any atom is -0.314 e. The van der Waals surface area contributed by atoms with Crippen LogP contribution in [0.4, 0.5) is 0 Å². The van der Waals surface area contributed by atoms with Crippen molar-refractivity contribution in [2.24, 2.45) is 0 Å². The lowest BCUT2D eigenvalue weighted by atomic mass is 9.95. The first kappa shape index (κ1) is 13.0. The highest BCUT2D eigenvalue weighted by Crippen LogP contribution is 2.35. The Morgan fingerprint density at radius 1 is 1.29 bits per heavy atom. The maximum Gasteiger partial charge on any atom is 0.0109 e. The topological polar surface area (TPSA) is 12.0 Å². The van der Waals surface area contributed by atoms with E-state index in [0.29, 0.717) is 0 Å². The van der Waals surface area contributed by atoms with Gasteiger partial charge in [0.25, 0.3) is 0 Å². The van der Waals surface area contributed by atoms with Gasteiger partial charge >= 0.3 is 0 Å². The molecule has 0 saturated heterocycles. The Balaban J connectivity index is 1.92. The summed E-state index contributed by atoms with van der Waals surface area (Å²) in [4.78, 5) is 1.47. The van der Waals surface area contributed by atoms with Crippen molar-refractivity contribution in [1.29, 1.82) is 0 Å². The molecular formula is C15H23NS. The Kier molecular flexibility index (Phi) is 4.93. The summed E-state index contributed by atoms with van der Waals surface area (Å²) in [5.41, 5.74) is 1.42. The standard InChI is InChI=1S/C15H23NS/c1-3-16-13-8-6-9-14(11-13)17-15-10-5-4-7-12(15)2/h4-5,7,10,13-14,16H,3,6,8-9,11H2,1-2H3. The predicted molar refractivity (Wildman–Crippen MR) is 76.8 cm³/mol. The van der Waals surface area contributed by atoms with Gasteiger partial charge < -0.3 is 5.32 Å². The number of rotatable bonds is 4. The first-order valence-corrected chi connectivity index (χ1v) is 7.63. The van der Waals surface area contributed by atoms with Gasteiger partial charge in [0, 0.05) is 16.2 Å². The summed E-state index contributed by atoms with van der Waals surface area (Å²) in [6, 6.07) is 9.50. The molecule has 0 bridgehead atoms. The molecule has 1 aromatic rings. The number of aryl methyl sites for hydroxylation is 1. The lowest BCUT2D eigenvalue weighted by molar-refractivity contribution is 0.387. The van der Waals surface area contributed by atoms with Crippen molar-refractivity contribution in [2.75, 3.05) is 6.54 Å². The SMILES string of the molecule is CCNC1CCCC(Sc2ccccc2C)C1. The molecule has 0 aliphatic heterocycles. The number of hydrogen-bond donors (Lipinski definition) is 1. The molecule has 1 aliphatic carbocycles. The van der Waals surface area contributed by atoms with Crippen LogP contribution in [-0.4, -0.2) is 17.8 Å². The molecule has 1 nitrogen and oxygen atoms in total. The van der Waals surface area contributed by atoms with Crippen LogP contribution in [0.15, 0.2) is 29.2 Å². The zero-order valence-corrected chi connectivity index (χ0v) is 11.7. The fourth-order valence-electron chi connectivity index (χ4n) is 2.59. The summed E-state index contributed by atoms with van der Waals surface area (Å²) >= 11 is 2.08. The van der Waals surface area contributed by atoms with Crippen molar-refractivity contribution in [1.82, 2.24) is 5.32 Å². The molecule has 17 heavy (non-hydrogen) atoms. The van der Waals surface area contributed by atoms with E-state index in [1.165, 1.54) is 36.1 Å². The van der Waals surface area contributed by atoms with Crippen LogP contribution >= 0.6 is 11.8 Å². The van der Waals surface area contributed by atoms with Gasteiger partial charge in [-0.2, -0.15) is 0 Å². The van der Waals surface area contributed by atoms with E-state index in [1.54, 1.807) is 0 Å². The van der Waals surface area contributed by atoms with Gasteiger partial charge in [0.1, 0.15) is 0 Å². The lowest BCUT2D eigenvalue weighted by Crippen LogP contribution is -2.34. The zero-order valence-electron chi connectivity index (χ0n) is 10.9. The van der Waals surface area contributed by atoms with Crippen molar-refractivity contribution in [3.63, 3.8) is 0 Å². The van der Waals surface area contributed by atoms with Crippen LogP contribution in [0.5, 0.6) is 0 Å². The molecule has 1 saturated carbocycles. The molecule has 2 heteroatoms. The van der Waals surface area contributed by atoms with Crippen LogP contribution in [0.1, 0.15) is 38.2 Å². The third-order valence-corrected chi connectivity index (χ3v) is 4.98. The van der Waals surface area contributed by atoms with Gasteiger partial charge in [0.2, 0.25) is 0 Å². The van der Waals surface area contributed by atoms with E-state index in [1.807, 2.05) is 0 Å². The molecule has 0 radical (unpaired) electrons. The summed E-state index contributed by atoms with van der Waals surface area (Å²) in [7, 11) is 0. The summed E-state index contributed by atoms with van der Waals surface area (Å²) in [6.07, 6.45) is 5.44. The second-order valence-electron chi connectivity index (χ2n) is 4.93. The number of nitrogens with one attached hydrogen (secondary N) is 1. The number of thioether (sulfide) groups is 1. The molecule has 0 heterocycles. The third-order valence-electron chi connectivity index (χ3n) is 3.51. The van der Waals surface area contributed by atoms with Gasteiger partial charge in [-0.25, -0.2) is 0 Å². The van der Waals surface area contributed by atoms with E-state index in [-0.39, 0.29) is 0 Å². The average molecular weight is 249 g/mol. The van der Waals surface area contributed by atoms with Gasteiger partial charge in [-0.05, 0) is 44.4 Å². The van der Waals surface area contributed by atoms with E-state index in [0.717, 1.165) is 17.8 Å². The fraction of sp³-hybridized carbons (Fsp3) is 0.600. The highest BCUT2D eigenvalue weighted by Gasteiger charge is 2.22. The van der Waals surface area contributed by atoms with Crippen molar-refractivity contribution in [3.05, 3.63) is 29.8 Å². The van der Waals surface area contributed by atoms with Gasteiger partial charge in [-0.1, -0.05) is 31.5 Å². The Morgan fingerprint density at radius 3 is 2.88 bits per heavy atom. The van der Waals surface area contributed by atoms with Crippen LogP contribution in [0.3, 0.4) is 0 Å². The first-order valence-electron chi connectivity index (χ1n) is 6.75. The molecule has 1 fully saturated rings. The molecule has 94 valence electrons. The molecule has 0 aromatic heterocycles. The molecule has 1 aliphatic rings. The Hall–Kier alpha value is -0.470. The van der Waals surface area contributed by atoms with Gasteiger partial charge in [0.05, 0.1) is 0 Å². The van der Waals surface area contributed by atoms with E-state index in [9.17, 15) is 0 Å². The van der Waals surface area contributed by atoms with E-state index >= 15 is 0 Å². The quantitative estimate of drug-likeness (QED) is 0.865. The summed E-state index contributed by atoms with van der Waals surface area (Å²) in [6.45, 7) is 5.53. The molecule has 0 spiro atoms. The Morgan fingerprint density at radius 2 is 2.12 bits per heavy atom. The van der Waals surface area contributed by atoms with Gasteiger partial charge in [-0.3, -0.25) is 0 Å². The van der Waals surface area contributed by atoms with Crippen LogP contribution < -0.4 is 5.32 Å². The van der Waals surface area contributed by atoms with Crippen LogP contribution in [0, 0.1) is 6.92 Å². The largest absolute Gasteiger partial charge is 0.314 e. The highest BCUT2D eigenvalue weighted by molar-refractivity contribution is 8.00. The van der Waals surface area contributed by atoms with Gasteiger partial charge in [-0.15, -0.1) is 11.8 Å². The minimum absolute atomic E-state index is 0.746. The van der Waals surface area contributed by atoms with Crippen LogP contribution in [0.25, 0.3) is 0 Å². The Bertz CT molecular complexity index is 349. The van der Waals surface area contributed by atoms with Crippen LogP contribution in [-0.2, 0) is 0 Å². The predicted octanol–water partition coefficient (Wildman–Crippen LogP) is 4.01. The van der Waals surface area contributed by atoms with Crippen molar-refractivity contribution in [2.45, 2.75) is 55.7 Å². The molecular weight excluding hydrogens is 226 g/mol. The normalized spacial score (nSPS) is 24.8. The maximum absolute atomic E-state index is 3.60. The zero-order chi connectivity index (χ0) is 12.1. The van der Waals surface area contributed by atoms with Crippen molar-refractivity contribution >= 4 is 11.8 Å². The van der Waals surface area contributed by atoms with Crippen molar-refractivity contribution in [3.8, 4) is 0 Å². The second-order valence-corrected chi connectivity index (χ2v) is 6.27. The molecule has 2 unspecified atom stereocenters.